The molecular formula is C5H7BrN. The molecular weight excluding hydrogens is 154 g/mol. The van der Waals surface area contributed by atoms with Crippen LogP contribution in [-0.2, 0) is 0 Å². The first-order chi connectivity index (χ1) is 3.30. The highest BCUT2D eigenvalue weighted by atomic mass is 79.9. The minimum absolute atomic E-state index is 1.04. The van der Waals surface area contributed by atoms with Crippen LogP contribution in [0.2, 0.25) is 0 Å². The molecule has 0 atom stereocenters. The highest BCUT2D eigenvalue weighted by molar-refractivity contribution is 9.11. The van der Waals surface area contributed by atoms with E-state index in [0.29, 0.717) is 0 Å². The van der Waals surface area contributed by atoms with E-state index in [-0.39, 0.29) is 0 Å². The lowest BCUT2D eigenvalue weighted by molar-refractivity contribution is 0.512. The number of rotatable bonds is 0. The summed E-state index contributed by atoms with van der Waals surface area (Å²) in [4.78, 5) is 2.12. The summed E-state index contributed by atoms with van der Waals surface area (Å²) in [6, 6.07) is 0. The van der Waals surface area contributed by atoms with Gasteiger partial charge in [-0.05, 0) is 22.0 Å². The topological polar surface area (TPSA) is 3.24 Å². The van der Waals surface area contributed by atoms with Crippen molar-refractivity contribution < 1.29 is 0 Å². The molecule has 0 spiro atoms. The quantitative estimate of drug-likeness (QED) is 0.485. The number of halogens is 1. The Bertz CT molecular complexity index is 98.3. The van der Waals surface area contributed by atoms with Crippen LogP contribution in [0.25, 0.3) is 0 Å². The van der Waals surface area contributed by atoms with E-state index in [1.807, 2.05) is 7.05 Å². The molecule has 0 aromatic carbocycles. The molecule has 0 saturated carbocycles. The van der Waals surface area contributed by atoms with Gasteiger partial charge in [-0.3, -0.25) is 0 Å². The maximum absolute atomic E-state index is 3.36. The first-order valence-corrected chi connectivity index (χ1v) is 3.00. The first kappa shape index (κ1) is 5.16. The molecule has 2 heteroatoms. The van der Waals surface area contributed by atoms with Crippen molar-refractivity contribution in [3.8, 4) is 0 Å². The SMILES string of the molecule is CN1C[CH]C=C1Br. The Kier molecular flexibility index (Phi) is 1.38. The predicted molar refractivity (Wildman–Crippen MR) is 33.9 cm³/mol. The van der Waals surface area contributed by atoms with E-state index in [9.17, 15) is 0 Å². The second-order valence-electron chi connectivity index (χ2n) is 1.61. The third-order valence-corrected chi connectivity index (χ3v) is 1.87. The van der Waals surface area contributed by atoms with Crippen molar-refractivity contribution in [2.75, 3.05) is 13.6 Å². The van der Waals surface area contributed by atoms with Crippen molar-refractivity contribution in [2.45, 2.75) is 0 Å². The minimum Gasteiger partial charge on any atom is -0.369 e. The highest BCUT2D eigenvalue weighted by Gasteiger charge is 2.04. The van der Waals surface area contributed by atoms with Crippen molar-refractivity contribution in [3.05, 3.63) is 17.1 Å². The highest BCUT2D eigenvalue weighted by Crippen LogP contribution is 2.16. The maximum Gasteiger partial charge on any atom is 0.0766 e. The third-order valence-electron chi connectivity index (χ3n) is 0.999. The Hall–Kier alpha value is 0.0200. The zero-order valence-electron chi connectivity index (χ0n) is 4.19. The van der Waals surface area contributed by atoms with Crippen LogP contribution in [-0.4, -0.2) is 18.5 Å². The molecule has 0 N–H and O–H groups in total. The zero-order valence-corrected chi connectivity index (χ0v) is 5.77. The number of hydrogen-bond acceptors (Lipinski definition) is 1. The summed E-state index contributed by atoms with van der Waals surface area (Å²) in [6.07, 6.45) is 4.17. The fraction of sp³-hybridized carbons (Fsp3) is 0.400. The van der Waals surface area contributed by atoms with Crippen LogP contribution >= 0.6 is 15.9 Å². The van der Waals surface area contributed by atoms with Gasteiger partial charge >= 0.3 is 0 Å². The fourth-order valence-electron chi connectivity index (χ4n) is 0.523. The van der Waals surface area contributed by atoms with Gasteiger partial charge in [0.1, 0.15) is 0 Å². The maximum atomic E-state index is 3.36. The van der Waals surface area contributed by atoms with Crippen LogP contribution in [0.5, 0.6) is 0 Å². The van der Waals surface area contributed by atoms with Crippen LogP contribution in [0, 0.1) is 6.42 Å². The largest absolute Gasteiger partial charge is 0.369 e. The Morgan fingerprint density at radius 3 is 2.71 bits per heavy atom. The van der Waals surface area contributed by atoms with E-state index in [1.165, 1.54) is 4.61 Å². The summed E-state index contributed by atoms with van der Waals surface area (Å²) in [5, 5.41) is 0. The zero-order chi connectivity index (χ0) is 5.28. The van der Waals surface area contributed by atoms with Gasteiger partial charge in [0.05, 0.1) is 4.61 Å². The molecule has 0 amide bonds. The van der Waals surface area contributed by atoms with E-state index in [2.05, 4.69) is 33.3 Å². The summed E-state index contributed by atoms with van der Waals surface area (Å²) >= 11 is 3.36. The van der Waals surface area contributed by atoms with Gasteiger partial charge in [-0.25, -0.2) is 0 Å². The van der Waals surface area contributed by atoms with Gasteiger partial charge in [-0.1, -0.05) is 0 Å². The van der Waals surface area contributed by atoms with Crippen molar-refractivity contribution >= 4 is 15.9 Å². The van der Waals surface area contributed by atoms with E-state index in [0.717, 1.165) is 6.54 Å². The minimum atomic E-state index is 1.04. The van der Waals surface area contributed by atoms with Crippen molar-refractivity contribution in [2.24, 2.45) is 0 Å². The van der Waals surface area contributed by atoms with Crippen LogP contribution in [0.15, 0.2) is 10.7 Å². The summed E-state index contributed by atoms with van der Waals surface area (Å²) in [5.74, 6) is 0. The molecule has 1 rings (SSSR count). The summed E-state index contributed by atoms with van der Waals surface area (Å²) in [5.41, 5.74) is 0. The molecule has 0 aromatic rings. The van der Waals surface area contributed by atoms with Gasteiger partial charge in [0.2, 0.25) is 0 Å². The molecule has 39 valence electrons. The molecule has 7 heavy (non-hydrogen) atoms. The molecule has 1 heterocycles. The first-order valence-electron chi connectivity index (χ1n) is 2.21. The lowest BCUT2D eigenvalue weighted by Gasteiger charge is -2.08. The predicted octanol–water partition coefficient (Wildman–Crippen LogP) is 1.37. The van der Waals surface area contributed by atoms with Crippen LogP contribution in [0.3, 0.4) is 0 Å². The Labute approximate surface area is 52.1 Å². The lowest BCUT2D eigenvalue weighted by Crippen LogP contribution is -2.08. The molecule has 0 aromatic heterocycles. The van der Waals surface area contributed by atoms with Crippen LogP contribution in [0.4, 0.5) is 0 Å². The standard InChI is InChI=1S/C5H7BrN/c1-7-4-2-3-5(7)6/h2-3H,4H2,1H3. The molecule has 0 fully saturated rings. The molecule has 1 aliphatic rings. The van der Waals surface area contributed by atoms with Crippen molar-refractivity contribution in [1.29, 1.82) is 0 Å². The van der Waals surface area contributed by atoms with Crippen molar-refractivity contribution in [3.63, 3.8) is 0 Å². The lowest BCUT2D eigenvalue weighted by atomic mass is 10.5. The molecule has 0 saturated heterocycles. The fourth-order valence-corrected chi connectivity index (χ4v) is 0.854. The van der Waals surface area contributed by atoms with Gasteiger partial charge in [0.25, 0.3) is 0 Å². The van der Waals surface area contributed by atoms with Gasteiger partial charge in [0.15, 0.2) is 0 Å². The molecule has 0 aliphatic carbocycles. The summed E-state index contributed by atoms with van der Waals surface area (Å²) < 4.78 is 1.17. The molecule has 1 radical (unpaired) electrons. The van der Waals surface area contributed by atoms with E-state index >= 15 is 0 Å². The second kappa shape index (κ2) is 1.86. The van der Waals surface area contributed by atoms with Gasteiger partial charge in [-0.2, -0.15) is 0 Å². The smallest absolute Gasteiger partial charge is 0.0766 e. The second-order valence-corrected chi connectivity index (χ2v) is 2.42. The Balaban J connectivity index is 2.54. The van der Waals surface area contributed by atoms with E-state index in [1.54, 1.807) is 0 Å². The van der Waals surface area contributed by atoms with Crippen LogP contribution < -0.4 is 0 Å². The average molecular weight is 161 g/mol. The molecule has 0 bridgehead atoms. The third kappa shape index (κ3) is 0.969. The summed E-state index contributed by atoms with van der Waals surface area (Å²) in [7, 11) is 2.05. The average Bonchev–Trinajstić information content (AvgIpc) is 1.91. The molecule has 1 nitrogen and oxygen atoms in total. The number of hydrogen-bond donors (Lipinski definition) is 0. The van der Waals surface area contributed by atoms with E-state index in [4.69, 9.17) is 0 Å². The summed E-state index contributed by atoms with van der Waals surface area (Å²) in [6.45, 7) is 1.04. The normalized spacial score (nSPS) is 20.3. The molecule has 1 aliphatic heterocycles. The Morgan fingerprint density at radius 2 is 2.57 bits per heavy atom. The van der Waals surface area contributed by atoms with Gasteiger partial charge in [-0.15, -0.1) is 0 Å². The monoisotopic (exact) mass is 160 g/mol. The van der Waals surface area contributed by atoms with E-state index < -0.39 is 0 Å². The number of nitrogens with zero attached hydrogens (tertiary/aromatic N) is 1. The molecule has 0 unspecified atom stereocenters. The Morgan fingerprint density at radius 1 is 1.86 bits per heavy atom. The van der Waals surface area contributed by atoms with Gasteiger partial charge < -0.3 is 4.90 Å². The van der Waals surface area contributed by atoms with Gasteiger partial charge in [0, 0.05) is 20.0 Å². The van der Waals surface area contributed by atoms with Crippen LogP contribution in [0.1, 0.15) is 0 Å². The van der Waals surface area contributed by atoms with Crippen molar-refractivity contribution in [1.82, 2.24) is 4.90 Å².